The third kappa shape index (κ3) is 1.91. The second-order valence-corrected chi connectivity index (χ2v) is 4.43. The first-order chi connectivity index (χ1) is 8.74. The fourth-order valence-electron chi connectivity index (χ4n) is 1.90. The predicted octanol–water partition coefficient (Wildman–Crippen LogP) is 4.01. The lowest BCUT2D eigenvalue weighted by molar-refractivity contribution is 0.0717. The van der Waals surface area contributed by atoms with Crippen LogP contribution in [0.4, 0.5) is 0 Å². The number of ether oxygens (including phenoxy) is 1. The van der Waals surface area contributed by atoms with Gasteiger partial charge in [0, 0.05) is 10.6 Å². The van der Waals surface area contributed by atoms with Gasteiger partial charge < -0.3 is 4.74 Å². The molecule has 0 aromatic heterocycles. The van der Waals surface area contributed by atoms with Gasteiger partial charge in [-0.05, 0) is 29.8 Å². The third-order valence-electron chi connectivity index (χ3n) is 2.78. The molecule has 0 saturated carbocycles. The van der Waals surface area contributed by atoms with Gasteiger partial charge >= 0.3 is 5.97 Å². The van der Waals surface area contributed by atoms with E-state index in [1.807, 2.05) is 36.4 Å². The van der Waals surface area contributed by atoms with Crippen LogP contribution >= 0.6 is 11.6 Å². The Hall–Kier alpha value is -2.06. The van der Waals surface area contributed by atoms with Crippen molar-refractivity contribution in [1.82, 2.24) is 0 Å². The highest BCUT2D eigenvalue weighted by Gasteiger charge is 2.25. The summed E-state index contributed by atoms with van der Waals surface area (Å²) >= 11 is 5.83. The van der Waals surface area contributed by atoms with Crippen LogP contribution < -0.4 is 0 Å². The molecule has 1 heterocycles. The number of rotatable bonds is 1. The topological polar surface area (TPSA) is 26.3 Å². The maximum Gasteiger partial charge on any atom is 0.344 e. The van der Waals surface area contributed by atoms with Crippen LogP contribution in [-0.4, -0.2) is 5.97 Å². The number of fused-ring (bicyclic) bond motifs is 1. The molecule has 0 bridgehead atoms. The summed E-state index contributed by atoms with van der Waals surface area (Å²) in [5, 5.41) is 0.681. The minimum absolute atomic E-state index is 0.300. The molecule has 2 nitrogen and oxygen atoms in total. The number of hydrogen-bond acceptors (Lipinski definition) is 2. The smallest absolute Gasteiger partial charge is 0.344 e. The van der Waals surface area contributed by atoms with Gasteiger partial charge in [0.2, 0.25) is 0 Å². The Morgan fingerprint density at radius 2 is 1.61 bits per heavy atom. The molecule has 0 unspecified atom stereocenters. The van der Waals surface area contributed by atoms with Crippen molar-refractivity contribution in [2.45, 2.75) is 0 Å². The monoisotopic (exact) mass is 256 g/mol. The molecule has 0 N–H and O–H groups in total. The number of carbonyl (C=O) groups excluding carboxylic acids is 1. The number of esters is 1. The van der Waals surface area contributed by atoms with Crippen molar-refractivity contribution >= 4 is 29.4 Å². The highest BCUT2D eigenvalue weighted by molar-refractivity contribution is 6.30. The van der Waals surface area contributed by atoms with E-state index in [0.717, 1.165) is 11.1 Å². The first-order valence-corrected chi connectivity index (χ1v) is 5.91. The number of hydrogen-bond donors (Lipinski definition) is 0. The molecule has 0 radical (unpaired) electrons. The van der Waals surface area contributed by atoms with Crippen LogP contribution in [0.2, 0.25) is 5.02 Å². The van der Waals surface area contributed by atoms with Gasteiger partial charge in [-0.2, -0.15) is 0 Å². The molecule has 0 amide bonds. The molecular formula is C15H9ClO2. The molecule has 0 saturated heterocycles. The highest BCUT2D eigenvalue weighted by atomic mass is 35.5. The van der Waals surface area contributed by atoms with Crippen molar-refractivity contribution in [1.29, 1.82) is 0 Å². The Morgan fingerprint density at radius 1 is 0.944 bits per heavy atom. The number of benzene rings is 2. The minimum atomic E-state index is -0.300. The SMILES string of the molecule is O=C1O/C(=C/c2ccc(Cl)cc2)c2ccccc21. The van der Waals surface area contributed by atoms with Crippen LogP contribution in [0, 0.1) is 0 Å². The van der Waals surface area contributed by atoms with Crippen molar-refractivity contribution < 1.29 is 9.53 Å². The first kappa shape index (κ1) is 11.1. The largest absolute Gasteiger partial charge is 0.422 e. The molecule has 2 aromatic carbocycles. The summed E-state index contributed by atoms with van der Waals surface area (Å²) in [6.07, 6.45) is 1.83. The second-order valence-electron chi connectivity index (χ2n) is 4.00. The van der Waals surface area contributed by atoms with E-state index < -0.39 is 0 Å². The zero-order chi connectivity index (χ0) is 12.5. The van der Waals surface area contributed by atoms with Gasteiger partial charge in [-0.15, -0.1) is 0 Å². The lowest BCUT2D eigenvalue weighted by Gasteiger charge is -1.99. The lowest BCUT2D eigenvalue weighted by Crippen LogP contribution is -1.92. The molecule has 1 aliphatic rings. The number of cyclic esters (lactones) is 1. The molecule has 3 heteroatoms. The van der Waals surface area contributed by atoms with Crippen LogP contribution in [0.15, 0.2) is 48.5 Å². The average molecular weight is 257 g/mol. The molecule has 18 heavy (non-hydrogen) atoms. The summed E-state index contributed by atoms with van der Waals surface area (Å²) in [7, 11) is 0. The van der Waals surface area contributed by atoms with E-state index in [0.29, 0.717) is 16.3 Å². The number of halogens is 1. The van der Waals surface area contributed by atoms with E-state index in [2.05, 4.69) is 0 Å². The Balaban J connectivity index is 2.04. The Bertz CT molecular complexity index is 642. The van der Waals surface area contributed by atoms with Gasteiger partial charge in [0.05, 0.1) is 5.56 Å². The average Bonchev–Trinajstić information content (AvgIpc) is 2.70. The van der Waals surface area contributed by atoms with Crippen molar-refractivity contribution in [2.24, 2.45) is 0 Å². The third-order valence-corrected chi connectivity index (χ3v) is 3.03. The summed E-state index contributed by atoms with van der Waals surface area (Å²) in [4.78, 5) is 11.6. The highest BCUT2D eigenvalue weighted by Crippen LogP contribution is 2.31. The fourth-order valence-corrected chi connectivity index (χ4v) is 2.03. The molecule has 0 aliphatic carbocycles. The normalized spacial score (nSPS) is 15.6. The van der Waals surface area contributed by atoms with Gasteiger partial charge in [-0.3, -0.25) is 0 Å². The van der Waals surface area contributed by atoms with Crippen LogP contribution in [0.3, 0.4) is 0 Å². The van der Waals surface area contributed by atoms with Crippen LogP contribution in [-0.2, 0) is 4.74 Å². The van der Waals surface area contributed by atoms with Crippen LogP contribution in [0.25, 0.3) is 11.8 Å². The molecular weight excluding hydrogens is 248 g/mol. The molecule has 88 valence electrons. The molecule has 0 spiro atoms. The molecule has 0 fully saturated rings. The summed E-state index contributed by atoms with van der Waals surface area (Å²) in [6.45, 7) is 0. The number of carbonyl (C=O) groups is 1. The van der Waals surface area contributed by atoms with Gasteiger partial charge in [-0.1, -0.05) is 41.9 Å². The van der Waals surface area contributed by atoms with Gasteiger partial charge in [0.15, 0.2) is 0 Å². The van der Waals surface area contributed by atoms with Crippen LogP contribution in [0.5, 0.6) is 0 Å². The molecule has 1 aliphatic heterocycles. The van der Waals surface area contributed by atoms with E-state index in [4.69, 9.17) is 16.3 Å². The Kier molecular flexibility index (Phi) is 2.65. The summed E-state index contributed by atoms with van der Waals surface area (Å²) in [5.74, 6) is 0.281. The summed E-state index contributed by atoms with van der Waals surface area (Å²) in [6, 6.07) is 14.7. The maximum atomic E-state index is 11.6. The Labute approximate surface area is 109 Å². The molecule has 2 aromatic rings. The van der Waals surface area contributed by atoms with Gasteiger partial charge in [0.1, 0.15) is 5.76 Å². The standard InChI is InChI=1S/C15H9ClO2/c16-11-7-5-10(6-8-11)9-14-12-3-1-2-4-13(12)15(17)18-14/h1-9H/b14-9+. The van der Waals surface area contributed by atoms with Crippen LogP contribution in [0.1, 0.15) is 21.5 Å². The maximum absolute atomic E-state index is 11.6. The van der Waals surface area contributed by atoms with Gasteiger partial charge in [0.25, 0.3) is 0 Å². The van der Waals surface area contributed by atoms with Gasteiger partial charge in [-0.25, -0.2) is 4.79 Å². The lowest BCUT2D eigenvalue weighted by atomic mass is 10.1. The quantitative estimate of drug-likeness (QED) is 0.721. The minimum Gasteiger partial charge on any atom is -0.422 e. The van der Waals surface area contributed by atoms with E-state index in [-0.39, 0.29) is 5.97 Å². The van der Waals surface area contributed by atoms with Crippen molar-refractivity contribution in [3.05, 3.63) is 70.2 Å². The summed E-state index contributed by atoms with van der Waals surface area (Å²) in [5.41, 5.74) is 2.38. The van der Waals surface area contributed by atoms with E-state index >= 15 is 0 Å². The second kappa shape index (κ2) is 4.31. The Morgan fingerprint density at radius 3 is 2.33 bits per heavy atom. The van der Waals surface area contributed by atoms with E-state index in [1.54, 1.807) is 18.2 Å². The molecule has 0 atom stereocenters. The van der Waals surface area contributed by atoms with E-state index in [9.17, 15) is 4.79 Å². The first-order valence-electron chi connectivity index (χ1n) is 5.53. The van der Waals surface area contributed by atoms with Crippen molar-refractivity contribution in [3.63, 3.8) is 0 Å². The van der Waals surface area contributed by atoms with Crippen molar-refractivity contribution in [3.8, 4) is 0 Å². The molecule has 3 rings (SSSR count). The fraction of sp³-hybridized carbons (Fsp3) is 0. The van der Waals surface area contributed by atoms with E-state index in [1.165, 1.54) is 0 Å². The zero-order valence-corrected chi connectivity index (χ0v) is 10.1. The van der Waals surface area contributed by atoms with Crippen molar-refractivity contribution in [2.75, 3.05) is 0 Å². The summed E-state index contributed by atoms with van der Waals surface area (Å²) < 4.78 is 5.26. The zero-order valence-electron chi connectivity index (χ0n) is 9.39. The predicted molar refractivity (Wildman–Crippen MR) is 71.2 cm³/mol.